The molecule has 2 atom stereocenters. The van der Waals surface area contributed by atoms with E-state index in [0.717, 1.165) is 30.8 Å². The zero-order valence-electron chi connectivity index (χ0n) is 13.8. The molecule has 0 aliphatic carbocycles. The number of aliphatic hydroxyl groups excluding tert-OH is 1. The van der Waals surface area contributed by atoms with Gasteiger partial charge in [0.05, 0.1) is 11.7 Å². The fourth-order valence-corrected chi connectivity index (χ4v) is 3.42. The average Bonchev–Trinajstić information content (AvgIpc) is 2.88. The third-order valence-electron chi connectivity index (χ3n) is 4.73. The molecule has 1 aliphatic heterocycles. The molecule has 0 unspecified atom stereocenters. The quantitative estimate of drug-likeness (QED) is 0.930. The van der Waals surface area contributed by atoms with E-state index in [1.165, 1.54) is 12.8 Å². The van der Waals surface area contributed by atoms with Crippen LogP contribution in [0.5, 0.6) is 0 Å². The fourth-order valence-electron chi connectivity index (χ4n) is 3.42. The standard InChI is InChI=1S/C20H23N3O/c21-14-16-10-11-20(22-15-16)23-12-6-2-5-9-18(23)13-19(24)17-7-3-1-4-8-17/h1,3-4,7-8,10-11,15,18-19,24H,2,5-6,9,12-13H2/t18-,19-/m0/s1. The number of anilines is 1. The third-order valence-corrected chi connectivity index (χ3v) is 4.73. The summed E-state index contributed by atoms with van der Waals surface area (Å²) >= 11 is 0. The summed E-state index contributed by atoms with van der Waals surface area (Å²) in [5.74, 6) is 0.904. The molecule has 3 rings (SSSR count). The topological polar surface area (TPSA) is 60.2 Å². The number of benzene rings is 1. The molecule has 0 radical (unpaired) electrons. The van der Waals surface area contributed by atoms with Crippen LogP contribution in [0.4, 0.5) is 5.82 Å². The first kappa shape index (κ1) is 16.5. The molecule has 24 heavy (non-hydrogen) atoms. The SMILES string of the molecule is N#Cc1ccc(N2CCCCC[C@H]2C[C@H](O)c2ccccc2)nc1. The Labute approximate surface area is 143 Å². The predicted octanol–water partition coefficient (Wildman–Crippen LogP) is 3.83. The van der Waals surface area contributed by atoms with Crippen LogP contribution in [0, 0.1) is 11.3 Å². The molecule has 1 fully saturated rings. The van der Waals surface area contributed by atoms with E-state index < -0.39 is 6.10 Å². The minimum Gasteiger partial charge on any atom is -0.388 e. The van der Waals surface area contributed by atoms with E-state index in [2.05, 4.69) is 16.0 Å². The Morgan fingerprint density at radius 2 is 2.00 bits per heavy atom. The molecular weight excluding hydrogens is 298 g/mol. The van der Waals surface area contributed by atoms with Gasteiger partial charge >= 0.3 is 0 Å². The van der Waals surface area contributed by atoms with Gasteiger partial charge in [0.1, 0.15) is 11.9 Å². The van der Waals surface area contributed by atoms with Gasteiger partial charge in [0.2, 0.25) is 0 Å². The summed E-state index contributed by atoms with van der Waals surface area (Å²) in [6.07, 6.45) is 6.46. The minimum absolute atomic E-state index is 0.267. The maximum Gasteiger partial charge on any atom is 0.128 e. The summed E-state index contributed by atoms with van der Waals surface area (Å²) in [4.78, 5) is 6.77. The molecule has 0 bridgehead atoms. The predicted molar refractivity (Wildman–Crippen MR) is 94.6 cm³/mol. The Balaban J connectivity index is 1.78. The number of aliphatic hydroxyl groups is 1. The van der Waals surface area contributed by atoms with Crippen molar-refractivity contribution in [2.24, 2.45) is 0 Å². The molecule has 124 valence electrons. The average molecular weight is 321 g/mol. The molecule has 0 spiro atoms. The van der Waals surface area contributed by atoms with Gasteiger partial charge in [-0.25, -0.2) is 4.98 Å². The lowest BCUT2D eigenvalue weighted by molar-refractivity contribution is 0.155. The van der Waals surface area contributed by atoms with E-state index in [1.54, 1.807) is 6.20 Å². The van der Waals surface area contributed by atoms with Gasteiger partial charge in [0, 0.05) is 18.8 Å². The highest BCUT2D eigenvalue weighted by atomic mass is 16.3. The lowest BCUT2D eigenvalue weighted by Gasteiger charge is -2.32. The third kappa shape index (κ3) is 3.93. The van der Waals surface area contributed by atoms with Crippen LogP contribution in [0.3, 0.4) is 0 Å². The highest BCUT2D eigenvalue weighted by molar-refractivity contribution is 5.43. The molecule has 2 heterocycles. The number of hydrogen-bond acceptors (Lipinski definition) is 4. The van der Waals surface area contributed by atoms with Crippen LogP contribution in [0.25, 0.3) is 0 Å². The number of nitriles is 1. The number of hydrogen-bond donors (Lipinski definition) is 1. The van der Waals surface area contributed by atoms with Crippen molar-refractivity contribution in [3.05, 3.63) is 59.8 Å². The largest absolute Gasteiger partial charge is 0.388 e. The van der Waals surface area contributed by atoms with Crippen LogP contribution in [-0.2, 0) is 0 Å². The Morgan fingerprint density at radius 3 is 2.71 bits per heavy atom. The van der Waals surface area contributed by atoms with Crippen molar-refractivity contribution < 1.29 is 5.11 Å². The van der Waals surface area contributed by atoms with E-state index in [1.807, 2.05) is 42.5 Å². The molecule has 1 aliphatic rings. The zero-order chi connectivity index (χ0) is 16.8. The molecule has 1 aromatic carbocycles. The Bertz CT molecular complexity index is 678. The number of rotatable bonds is 4. The molecular formula is C20H23N3O. The van der Waals surface area contributed by atoms with Crippen LogP contribution in [0.1, 0.15) is 49.3 Å². The highest BCUT2D eigenvalue weighted by Crippen LogP contribution is 2.29. The summed E-state index contributed by atoms with van der Waals surface area (Å²) in [5, 5.41) is 19.6. The number of nitrogens with zero attached hydrogens (tertiary/aromatic N) is 3. The van der Waals surface area contributed by atoms with E-state index in [0.29, 0.717) is 12.0 Å². The first-order valence-corrected chi connectivity index (χ1v) is 8.64. The Hall–Kier alpha value is -2.38. The van der Waals surface area contributed by atoms with Crippen molar-refractivity contribution in [3.8, 4) is 6.07 Å². The van der Waals surface area contributed by atoms with Gasteiger partial charge < -0.3 is 10.0 Å². The van der Waals surface area contributed by atoms with Gasteiger partial charge in [-0.05, 0) is 37.0 Å². The van der Waals surface area contributed by atoms with E-state index in [-0.39, 0.29) is 6.04 Å². The van der Waals surface area contributed by atoms with Crippen molar-refractivity contribution in [1.82, 2.24) is 4.98 Å². The van der Waals surface area contributed by atoms with Crippen molar-refractivity contribution >= 4 is 5.82 Å². The molecule has 2 aromatic rings. The van der Waals surface area contributed by atoms with Crippen molar-refractivity contribution in [1.29, 1.82) is 5.26 Å². The van der Waals surface area contributed by atoms with Gasteiger partial charge in [-0.1, -0.05) is 43.2 Å². The zero-order valence-corrected chi connectivity index (χ0v) is 13.8. The van der Waals surface area contributed by atoms with Crippen LogP contribution in [-0.4, -0.2) is 22.7 Å². The Morgan fingerprint density at radius 1 is 1.17 bits per heavy atom. The lowest BCUT2D eigenvalue weighted by Crippen LogP contribution is -2.36. The first-order valence-electron chi connectivity index (χ1n) is 8.64. The van der Waals surface area contributed by atoms with Crippen molar-refractivity contribution in [2.75, 3.05) is 11.4 Å². The lowest BCUT2D eigenvalue weighted by atomic mass is 9.98. The van der Waals surface area contributed by atoms with Gasteiger partial charge in [-0.2, -0.15) is 5.26 Å². The molecule has 1 N–H and O–H groups in total. The smallest absolute Gasteiger partial charge is 0.128 e. The van der Waals surface area contributed by atoms with Gasteiger partial charge in [0.25, 0.3) is 0 Å². The summed E-state index contributed by atoms with van der Waals surface area (Å²) in [7, 11) is 0. The summed E-state index contributed by atoms with van der Waals surface area (Å²) < 4.78 is 0. The molecule has 4 nitrogen and oxygen atoms in total. The number of pyridine rings is 1. The minimum atomic E-state index is -0.463. The second-order valence-electron chi connectivity index (χ2n) is 6.38. The molecule has 4 heteroatoms. The monoisotopic (exact) mass is 321 g/mol. The number of aromatic nitrogens is 1. The Kier molecular flexibility index (Phi) is 5.45. The molecule has 0 saturated carbocycles. The fraction of sp³-hybridized carbons (Fsp3) is 0.400. The van der Waals surface area contributed by atoms with Crippen molar-refractivity contribution in [3.63, 3.8) is 0 Å². The molecule has 0 amide bonds. The van der Waals surface area contributed by atoms with Crippen LogP contribution >= 0.6 is 0 Å². The summed E-state index contributed by atoms with van der Waals surface area (Å²) in [6, 6.07) is 16.0. The van der Waals surface area contributed by atoms with E-state index in [4.69, 9.17) is 5.26 Å². The summed E-state index contributed by atoms with van der Waals surface area (Å²) in [6.45, 7) is 0.949. The maximum atomic E-state index is 10.6. The van der Waals surface area contributed by atoms with E-state index in [9.17, 15) is 5.11 Å². The highest BCUT2D eigenvalue weighted by Gasteiger charge is 2.25. The molecule has 1 saturated heterocycles. The van der Waals surface area contributed by atoms with Gasteiger partial charge in [-0.3, -0.25) is 0 Å². The summed E-state index contributed by atoms with van der Waals surface area (Å²) in [5.41, 5.74) is 1.55. The van der Waals surface area contributed by atoms with E-state index >= 15 is 0 Å². The van der Waals surface area contributed by atoms with Crippen LogP contribution < -0.4 is 4.90 Å². The normalized spacial score (nSPS) is 19.3. The maximum absolute atomic E-state index is 10.6. The van der Waals surface area contributed by atoms with Gasteiger partial charge in [0.15, 0.2) is 0 Å². The second kappa shape index (κ2) is 7.94. The molecule has 1 aromatic heterocycles. The first-order chi connectivity index (χ1) is 11.8. The van der Waals surface area contributed by atoms with Gasteiger partial charge in [-0.15, -0.1) is 0 Å². The van der Waals surface area contributed by atoms with Crippen LogP contribution in [0.2, 0.25) is 0 Å². The second-order valence-corrected chi connectivity index (χ2v) is 6.38. The van der Waals surface area contributed by atoms with Crippen LogP contribution in [0.15, 0.2) is 48.7 Å². The van der Waals surface area contributed by atoms with Crippen molar-refractivity contribution in [2.45, 2.75) is 44.2 Å².